The van der Waals surface area contributed by atoms with Gasteiger partial charge in [0.1, 0.15) is 6.10 Å². The van der Waals surface area contributed by atoms with Gasteiger partial charge in [0.2, 0.25) is 0 Å². The highest BCUT2D eigenvalue weighted by Gasteiger charge is 2.24. The molecule has 1 aliphatic rings. The monoisotopic (exact) mass is 336 g/mol. The third-order valence-electron chi connectivity index (χ3n) is 4.04. The number of benzene rings is 1. The molecular weight excluding hydrogens is 316 g/mol. The number of nitrogens with zero attached hydrogens (tertiary/aromatic N) is 1. The fourth-order valence-electron chi connectivity index (χ4n) is 2.80. The molecule has 0 saturated carbocycles. The van der Waals surface area contributed by atoms with E-state index in [-0.39, 0.29) is 24.4 Å². The van der Waals surface area contributed by atoms with Gasteiger partial charge in [-0.05, 0) is 49.3 Å². The quantitative estimate of drug-likeness (QED) is 0.659. The number of nitrogen functional groups attached to an aromatic ring is 1. The van der Waals surface area contributed by atoms with Gasteiger partial charge in [-0.3, -0.25) is 4.79 Å². The number of nitrogens with two attached hydrogens (primary N) is 1. The third kappa shape index (κ3) is 4.60. The number of ether oxygens (including phenoxy) is 2. The predicted molar refractivity (Wildman–Crippen MR) is 88.1 cm³/mol. The number of carbonyl (C=O) groups is 1. The summed E-state index contributed by atoms with van der Waals surface area (Å²) >= 11 is 6.25. The number of carbonyl (C=O) groups excluding carboxylic acids is 1. The number of nitriles is 1. The Kier molecular flexibility index (Phi) is 6.26. The lowest BCUT2D eigenvalue weighted by atomic mass is 9.87. The van der Waals surface area contributed by atoms with Crippen molar-refractivity contribution in [3.8, 4) is 6.07 Å². The van der Waals surface area contributed by atoms with Gasteiger partial charge >= 0.3 is 5.97 Å². The summed E-state index contributed by atoms with van der Waals surface area (Å²) in [5.74, 6) is -0.0307. The summed E-state index contributed by atoms with van der Waals surface area (Å²) in [6.07, 6.45) is 1.87. The van der Waals surface area contributed by atoms with Crippen molar-refractivity contribution in [3.63, 3.8) is 0 Å². The molecule has 0 spiro atoms. The molecule has 124 valence electrons. The second kappa shape index (κ2) is 8.19. The molecule has 0 unspecified atom stereocenters. The van der Waals surface area contributed by atoms with Gasteiger partial charge in [0.25, 0.3) is 0 Å². The Hall–Kier alpha value is -1.77. The summed E-state index contributed by atoms with van der Waals surface area (Å²) in [5.41, 5.74) is 8.43. The Morgan fingerprint density at radius 2 is 2.35 bits per heavy atom. The van der Waals surface area contributed by atoms with Crippen LogP contribution in [0.25, 0.3) is 0 Å². The zero-order chi connectivity index (χ0) is 16.8. The van der Waals surface area contributed by atoms with Crippen molar-refractivity contribution in [2.24, 2.45) is 0 Å². The second-order valence-electron chi connectivity index (χ2n) is 5.59. The first kappa shape index (κ1) is 17.6. The Balaban J connectivity index is 2.15. The molecule has 1 fully saturated rings. The SMILES string of the molecule is CCOC(=O)CCc1cc([C@H]2CCO[C@H](C#N)C2)cc(Cl)c1N. The number of hydrogen-bond donors (Lipinski definition) is 1. The van der Waals surface area contributed by atoms with Crippen molar-refractivity contribution in [3.05, 3.63) is 28.3 Å². The van der Waals surface area contributed by atoms with Crippen LogP contribution in [-0.2, 0) is 20.7 Å². The molecule has 23 heavy (non-hydrogen) atoms. The van der Waals surface area contributed by atoms with Crippen molar-refractivity contribution < 1.29 is 14.3 Å². The van der Waals surface area contributed by atoms with Crippen molar-refractivity contribution in [2.45, 2.75) is 44.6 Å². The van der Waals surface area contributed by atoms with E-state index in [1.54, 1.807) is 6.92 Å². The fourth-order valence-corrected chi connectivity index (χ4v) is 3.05. The van der Waals surface area contributed by atoms with Gasteiger partial charge in [0, 0.05) is 13.0 Å². The van der Waals surface area contributed by atoms with Crippen LogP contribution in [0.5, 0.6) is 0 Å². The van der Waals surface area contributed by atoms with E-state index in [1.807, 2.05) is 12.1 Å². The molecule has 1 saturated heterocycles. The largest absolute Gasteiger partial charge is 0.466 e. The number of rotatable bonds is 5. The zero-order valence-corrected chi connectivity index (χ0v) is 13.9. The summed E-state index contributed by atoms with van der Waals surface area (Å²) in [4.78, 5) is 11.5. The van der Waals surface area contributed by atoms with Gasteiger partial charge < -0.3 is 15.2 Å². The van der Waals surface area contributed by atoms with E-state index in [1.165, 1.54) is 0 Å². The molecule has 1 aliphatic heterocycles. The highest BCUT2D eigenvalue weighted by Crippen LogP contribution is 2.35. The Bertz CT molecular complexity index is 613. The van der Waals surface area contributed by atoms with E-state index in [0.717, 1.165) is 17.5 Å². The van der Waals surface area contributed by atoms with Gasteiger partial charge in [-0.1, -0.05) is 17.7 Å². The molecule has 0 radical (unpaired) electrons. The molecule has 5 nitrogen and oxygen atoms in total. The van der Waals surface area contributed by atoms with Crippen molar-refractivity contribution >= 4 is 23.3 Å². The lowest BCUT2D eigenvalue weighted by Gasteiger charge is -2.26. The Morgan fingerprint density at radius 1 is 1.57 bits per heavy atom. The van der Waals surface area contributed by atoms with E-state index >= 15 is 0 Å². The number of halogens is 1. The minimum absolute atomic E-state index is 0.216. The minimum atomic E-state index is -0.381. The maximum absolute atomic E-state index is 11.5. The van der Waals surface area contributed by atoms with Gasteiger partial charge in [-0.2, -0.15) is 5.26 Å². The number of anilines is 1. The topological polar surface area (TPSA) is 85.3 Å². The van der Waals surface area contributed by atoms with Crippen LogP contribution in [0.1, 0.15) is 43.2 Å². The molecular formula is C17H21ClN2O3. The van der Waals surface area contributed by atoms with Gasteiger partial charge in [0.05, 0.1) is 23.4 Å². The third-order valence-corrected chi connectivity index (χ3v) is 4.35. The molecule has 2 rings (SSSR count). The normalized spacial score (nSPS) is 20.7. The molecule has 2 atom stereocenters. The standard InChI is InChI=1S/C17H21ClN2O3/c1-2-22-16(21)4-3-12-7-13(9-15(18)17(12)20)11-5-6-23-14(8-11)10-19/h7,9,11,14H,2-6,8,20H2,1H3/t11-,14-/m0/s1. The highest BCUT2D eigenvalue weighted by atomic mass is 35.5. The first-order valence-corrected chi connectivity index (χ1v) is 8.17. The summed E-state index contributed by atoms with van der Waals surface area (Å²) in [7, 11) is 0. The fraction of sp³-hybridized carbons (Fsp3) is 0.529. The van der Waals surface area contributed by atoms with Crippen molar-refractivity contribution in [2.75, 3.05) is 18.9 Å². The molecule has 2 N–H and O–H groups in total. The van der Waals surface area contributed by atoms with Crippen LogP contribution < -0.4 is 5.73 Å². The van der Waals surface area contributed by atoms with Gasteiger partial charge in [0.15, 0.2) is 0 Å². The van der Waals surface area contributed by atoms with Crippen molar-refractivity contribution in [1.29, 1.82) is 5.26 Å². The lowest BCUT2D eigenvalue weighted by Crippen LogP contribution is -2.23. The summed E-state index contributed by atoms with van der Waals surface area (Å²) in [6.45, 7) is 2.70. The van der Waals surface area contributed by atoms with Crippen LogP contribution in [0.4, 0.5) is 5.69 Å². The van der Waals surface area contributed by atoms with Crippen LogP contribution in [0, 0.1) is 11.3 Å². The maximum atomic E-state index is 11.5. The first-order valence-electron chi connectivity index (χ1n) is 7.79. The average Bonchev–Trinajstić information content (AvgIpc) is 2.56. The maximum Gasteiger partial charge on any atom is 0.306 e. The molecule has 0 aromatic heterocycles. The number of aryl methyl sites for hydroxylation is 1. The van der Waals surface area contributed by atoms with E-state index in [2.05, 4.69) is 6.07 Å². The summed E-state index contributed by atoms with van der Waals surface area (Å²) in [5, 5.41) is 9.52. The lowest BCUT2D eigenvalue weighted by molar-refractivity contribution is -0.143. The highest BCUT2D eigenvalue weighted by molar-refractivity contribution is 6.33. The molecule has 1 aromatic carbocycles. The zero-order valence-electron chi connectivity index (χ0n) is 13.2. The first-order chi connectivity index (χ1) is 11.0. The van der Waals surface area contributed by atoms with Crippen LogP contribution in [-0.4, -0.2) is 25.3 Å². The molecule has 1 heterocycles. The molecule has 0 amide bonds. The molecule has 6 heteroatoms. The van der Waals surface area contributed by atoms with Gasteiger partial charge in [-0.25, -0.2) is 0 Å². The smallest absolute Gasteiger partial charge is 0.306 e. The molecule has 1 aromatic rings. The van der Waals surface area contributed by atoms with Crippen LogP contribution >= 0.6 is 11.6 Å². The van der Waals surface area contributed by atoms with E-state index in [9.17, 15) is 4.79 Å². The molecule has 0 aliphatic carbocycles. The average molecular weight is 337 g/mol. The molecule has 0 bridgehead atoms. The van der Waals surface area contributed by atoms with Crippen molar-refractivity contribution in [1.82, 2.24) is 0 Å². The van der Waals surface area contributed by atoms with E-state index in [4.69, 9.17) is 32.1 Å². The summed E-state index contributed by atoms with van der Waals surface area (Å²) in [6, 6.07) is 6.00. The van der Waals surface area contributed by atoms with Gasteiger partial charge in [-0.15, -0.1) is 0 Å². The van der Waals surface area contributed by atoms with E-state index < -0.39 is 0 Å². The van der Waals surface area contributed by atoms with Crippen LogP contribution in [0.3, 0.4) is 0 Å². The minimum Gasteiger partial charge on any atom is -0.466 e. The Morgan fingerprint density at radius 3 is 3.04 bits per heavy atom. The number of esters is 1. The number of hydrogen-bond acceptors (Lipinski definition) is 5. The van der Waals surface area contributed by atoms with Crippen LogP contribution in [0.15, 0.2) is 12.1 Å². The van der Waals surface area contributed by atoms with E-state index in [0.29, 0.717) is 36.8 Å². The second-order valence-corrected chi connectivity index (χ2v) is 6.00. The Labute approximate surface area is 141 Å². The van der Waals surface area contributed by atoms with Crippen LogP contribution in [0.2, 0.25) is 5.02 Å². The summed E-state index contributed by atoms with van der Waals surface area (Å²) < 4.78 is 10.3. The predicted octanol–water partition coefficient (Wildman–Crippen LogP) is 3.20.